The fourth-order valence-corrected chi connectivity index (χ4v) is 9.67. The lowest BCUT2D eigenvalue weighted by molar-refractivity contribution is 0.660. The molecule has 288 valence electrons. The number of nitrogens with zero attached hydrogens (tertiary/aromatic N) is 2. The van der Waals surface area contributed by atoms with E-state index >= 15 is 0 Å². The van der Waals surface area contributed by atoms with Crippen LogP contribution in [-0.4, -0.2) is 4.57 Å². The van der Waals surface area contributed by atoms with Gasteiger partial charge >= 0.3 is 0 Å². The van der Waals surface area contributed by atoms with Gasteiger partial charge in [-0.1, -0.05) is 190 Å². The highest BCUT2D eigenvalue weighted by molar-refractivity contribution is 6.25. The molecule has 0 spiro atoms. The number of rotatable bonds is 6. The second kappa shape index (κ2) is 13.7. The number of para-hydroxylation sites is 2. The van der Waals surface area contributed by atoms with Crippen molar-refractivity contribution in [2.75, 3.05) is 4.90 Å². The van der Waals surface area contributed by atoms with Crippen molar-refractivity contribution in [1.29, 1.82) is 0 Å². The molecule has 0 unspecified atom stereocenters. The van der Waals surface area contributed by atoms with Gasteiger partial charge in [0.2, 0.25) is 0 Å². The minimum atomic E-state index is -0.480. The van der Waals surface area contributed by atoms with Crippen LogP contribution in [0, 0.1) is 0 Å². The van der Waals surface area contributed by atoms with E-state index in [0.717, 1.165) is 39.0 Å². The molecule has 1 aliphatic carbocycles. The molecule has 0 aliphatic heterocycles. The molecular formula is C59H42N2. The van der Waals surface area contributed by atoms with Crippen LogP contribution in [0.1, 0.15) is 37.3 Å². The summed E-state index contributed by atoms with van der Waals surface area (Å²) in [6, 6.07) is 51.3. The Morgan fingerprint density at radius 1 is 0.443 bits per heavy atom. The predicted octanol–water partition coefficient (Wildman–Crippen LogP) is 16.2. The first-order valence-electron chi connectivity index (χ1n) is 25.0. The van der Waals surface area contributed by atoms with E-state index in [0.29, 0.717) is 11.3 Å². The zero-order chi connectivity index (χ0) is 48.5. The average Bonchev–Trinajstić information content (AvgIpc) is 3.86. The second-order valence-corrected chi connectivity index (χ2v) is 16.2. The van der Waals surface area contributed by atoms with E-state index in [-0.39, 0.29) is 73.8 Å². The summed E-state index contributed by atoms with van der Waals surface area (Å²) in [7, 11) is 0. The second-order valence-electron chi connectivity index (χ2n) is 16.2. The molecule has 11 aromatic rings. The van der Waals surface area contributed by atoms with Crippen LogP contribution in [0.15, 0.2) is 218 Å². The Balaban J connectivity index is 1.25. The lowest BCUT2D eigenvalue weighted by Gasteiger charge is -2.31. The van der Waals surface area contributed by atoms with Crippen molar-refractivity contribution in [2.45, 2.75) is 19.3 Å². The van der Waals surface area contributed by atoms with E-state index in [2.05, 4.69) is 91.5 Å². The van der Waals surface area contributed by atoms with E-state index in [1.54, 1.807) is 28.8 Å². The summed E-state index contributed by atoms with van der Waals surface area (Å²) < 4.78 is 85.9. The molecule has 1 heterocycles. The summed E-state index contributed by atoms with van der Waals surface area (Å²) in [5.41, 5.74) is 10.4. The first-order chi connectivity index (χ1) is 33.8. The molecule has 2 nitrogen and oxygen atoms in total. The molecule has 0 saturated carbocycles. The van der Waals surface area contributed by atoms with E-state index < -0.39 is 24.2 Å². The lowest BCUT2D eigenvalue weighted by Crippen LogP contribution is -2.17. The molecule has 1 aromatic heterocycles. The van der Waals surface area contributed by atoms with Gasteiger partial charge in [0, 0.05) is 38.5 Å². The van der Waals surface area contributed by atoms with Gasteiger partial charge in [0.15, 0.2) is 0 Å². The van der Waals surface area contributed by atoms with Crippen molar-refractivity contribution in [2.24, 2.45) is 0 Å². The molecule has 0 bridgehead atoms. The molecule has 0 saturated heterocycles. The summed E-state index contributed by atoms with van der Waals surface area (Å²) in [4.78, 5) is 2.26. The molecular weight excluding hydrogens is 737 g/mol. The fraction of sp³-hybridized carbons (Fsp3) is 0.0508. The monoisotopic (exact) mass is 787 g/mol. The van der Waals surface area contributed by atoms with Gasteiger partial charge in [0.1, 0.15) is 0 Å². The first-order valence-corrected chi connectivity index (χ1v) is 20.5. The maximum Gasteiger partial charge on any atom is 0.0645 e. The van der Waals surface area contributed by atoms with Crippen LogP contribution in [-0.2, 0) is 5.41 Å². The maximum absolute atomic E-state index is 9.87. The van der Waals surface area contributed by atoms with Gasteiger partial charge in [-0.15, -0.1) is 0 Å². The quantitative estimate of drug-likeness (QED) is 0.163. The number of aromatic nitrogens is 1. The largest absolute Gasteiger partial charge is 0.309 e. The third-order valence-electron chi connectivity index (χ3n) is 12.5. The Morgan fingerprint density at radius 2 is 1.13 bits per heavy atom. The Kier molecular flexibility index (Phi) is 6.09. The minimum Gasteiger partial charge on any atom is -0.309 e. The summed E-state index contributed by atoms with van der Waals surface area (Å²) in [5, 5.41) is 2.18. The van der Waals surface area contributed by atoms with Crippen LogP contribution < -0.4 is 4.90 Å². The predicted molar refractivity (Wildman–Crippen MR) is 259 cm³/mol. The lowest BCUT2D eigenvalue weighted by atomic mass is 9.82. The molecule has 0 amide bonds. The van der Waals surface area contributed by atoms with Crippen molar-refractivity contribution in [3.63, 3.8) is 0 Å². The minimum absolute atomic E-state index is 0.0339. The van der Waals surface area contributed by atoms with Crippen molar-refractivity contribution in [3.05, 3.63) is 229 Å². The topological polar surface area (TPSA) is 8.17 Å². The number of anilines is 3. The molecule has 0 radical (unpaired) electrons. The molecule has 12 rings (SSSR count). The van der Waals surface area contributed by atoms with Crippen molar-refractivity contribution >= 4 is 60.4 Å². The van der Waals surface area contributed by atoms with E-state index in [9.17, 15) is 8.22 Å². The van der Waals surface area contributed by atoms with Crippen LogP contribution in [0.3, 0.4) is 0 Å². The van der Waals surface area contributed by atoms with Crippen LogP contribution >= 0.6 is 0 Å². The zero-order valence-corrected chi connectivity index (χ0v) is 33.5. The van der Waals surface area contributed by atoms with E-state index in [1.807, 2.05) is 66.7 Å². The van der Waals surface area contributed by atoms with Crippen molar-refractivity contribution in [1.82, 2.24) is 4.57 Å². The fourth-order valence-electron chi connectivity index (χ4n) is 9.67. The summed E-state index contributed by atoms with van der Waals surface area (Å²) in [5.74, 6) is 0. The number of fused-ring (bicyclic) bond motifs is 9. The average molecular weight is 788 g/mol. The van der Waals surface area contributed by atoms with E-state index in [1.165, 1.54) is 22.3 Å². The van der Waals surface area contributed by atoms with Crippen molar-refractivity contribution < 1.29 is 12.3 Å². The third kappa shape index (κ3) is 5.42. The normalized spacial score (nSPS) is 15.0. The highest BCUT2D eigenvalue weighted by Gasteiger charge is 2.36. The van der Waals surface area contributed by atoms with Crippen LogP contribution in [0.4, 0.5) is 17.1 Å². The maximum atomic E-state index is 9.87. The third-order valence-corrected chi connectivity index (χ3v) is 12.5. The molecule has 0 atom stereocenters. The first kappa shape index (κ1) is 27.2. The highest BCUT2D eigenvalue weighted by atomic mass is 15.1. The van der Waals surface area contributed by atoms with Crippen LogP contribution in [0.5, 0.6) is 0 Å². The zero-order valence-electron chi connectivity index (χ0n) is 42.5. The molecule has 0 N–H and O–H groups in total. The molecule has 10 aromatic carbocycles. The summed E-state index contributed by atoms with van der Waals surface area (Å²) >= 11 is 0. The molecule has 61 heavy (non-hydrogen) atoms. The summed E-state index contributed by atoms with van der Waals surface area (Å²) in [6.45, 7) is 4.52. The number of hydrogen-bond acceptors (Lipinski definition) is 1. The SMILES string of the molecule is [2H]c1c([2H])c(-c2ccccc2)c2c(c1[2H])c([2H])c([2H])c1c2c2c([2H])c([2H])c([2H])c([2H])c2n1-c1cc(N(c2ccc3c(c2)C(C)(C)c2ccccc2-3)c2ccccc2-c2ccccc2)c2ccccc2c1. The van der Waals surface area contributed by atoms with Gasteiger partial charge in [-0.3, -0.25) is 0 Å². The standard InChI is InChI=1S/C59H42N2/c1-59(2)51-29-14-11-26-48(51)49-34-33-43(37-52(49)59)60(53-30-15-12-24-45(53)39-18-5-3-6-19-39)56-38-44(36-42-22-9-10-25-46(42)56)61-54-31-16-13-27-50(54)58-55(61)35-32-41-23-17-28-47(57(41)58)40-20-7-4-8-21-40/h3-38H,1-2H3/i13D,16D,17D,23D,27D,28D,31D,32D,35D. The summed E-state index contributed by atoms with van der Waals surface area (Å²) in [6.07, 6.45) is 0. The van der Waals surface area contributed by atoms with Gasteiger partial charge < -0.3 is 9.47 Å². The van der Waals surface area contributed by atoms with Crippen LogP contribution in [0.2, 0.25) is 0 Å². The van der Waals surface area contributed by atoms with Gasteiger partial charge in [-0.25, -0.2) is 0 Å². The molecule has 0 fully saturated rings. The number of benzene rings is 10. The van der Waals surface area contributed by atoms with Gasteiger partial charge in [0.05, 0.1) is 34.7 Å². The van der Waals surface area contributed by atoms with Crippen molar-refractivity contribution in [3.8, 4) is 39.1 Å². The van der Waals surface area contributed by atoms with Gasteiger partial charge in [-0.05, 0) is 97.5 Å². The van der Waals surface area contributed by atoms with Gasteiger partial charge in [0.25, 0.3) is 0 Å². The van der Waals surface area contributed by atoms with E-state index in [4.69, 9.17) is 4.11 Å². The molecule has 2 heteroatoms. The Bertz CT molecular complexity index is 4030. The smallest absolute Gasteiger partial charge is 0.0645 e. The van der Waals surface area contributed by atoms with Gasteiger partial charge in [-0.2, -0.15) is 0 Å². The Labute approximate surface area is 368 Å². The highest BCUT2D eigenvalue weighted by Crippen LogP contribution is 2.52. The Hall–Kier alpha value is -7.68. The molecule has 1 aliphatic rings. The number of hydrogen-bond donors (Lipinski definition) is 0. The van der Waals surface area contributed by atoms with Crippen LogP contribution in [0.25, 0.3) is 82.4 Å². The Morgan fingerprint density at radius 3 is 1.97 bits per heavy atom.